The van der Waals surface area contributed by atoms with Crippen LogP contribution in [0.5, 0.6) is 17.2 Å². The van der Waals surface area contributed by atoms with E-state index in [1.165, 1.54) is 40.6 Å². The van der Waals surface area contributed by atoms with E-state index in [1.807, 2.05) is 6.26 Å². The lowest BCUT2D eigenvalue weighted by molar-refractivity contribution is -0.142. The highest BCUT2D eigenvalue weighted by atomic mass is 32.2. The van der Waals surface area contributed by atoms with Crippen LogP contribution in [0.4, 0.5) is 0 Å². The molecular formula is C16H23NO6S. The van der Waals surface area contributed by atoms with Crippen LogP contribution < -0.4 is 19.5 Å². The summed E-state index contributed by atoms with van der Waals surface area (Å²) < 4.78 is 20.4. The molecular weight excluding hydrogens is 334 g/mol. The van der Waals surface area contributed by atoms with Gasteiger partial charge in [0.2, 0.25) is 5.75 Å². The molecule has 0 aromatic heterocycles. The number of nitrogens with one attached hydrogen (secondary N) is 1. The van der Waals surface area contributed by atoms with Gasteiger partial charge < -0.3 is 24.3 Å². The fourth-order valence-corrected chi connectivity index (χ4v) is 2.55. The normalized spacial score (nSPS) is 11.4. The molecule has 0 heterocycles. The first-order valence-corrected chi connectivity index (χ1v) is 8.59. The molecule has 0 aliphatic rings. The Bertz CT molecular complexity index is 553. The summed E-state index contributed by atoms with van der Waals surface area (Å²) in [6, 6.07) is 2.34. The summed E-state index contributed by atoms with van der Waals surface area (Å²) in [5, 5.41) is 2.68. The van der Waals surface area contributed by atoms with E-state index in [1.54, 1.807) is 11.8 Å². The number of ether oxygens (including phenoxy) is 4. The SMILES string of the molecule is COC(=O)C(CCSC)NC(=O)c1cc(OC)c(OC)c(OC)c1. The van der Waals surface area contributed by atoms with Crippen LogP contribution >= 0.6 is 11.8 Å². The van der Waals surface area contributed by atoms with Gasteiger partial charge in [-0.1, -0.05) is 0 Å². The molecule has 1 amide bonds. The molecule has 0 bridgehead atoms. The molecule has 24 heavy (non-hydrogen) atoms. The first kappa shape index (κ1) is 20.0. The van der Waals surface area contributed by atoms with E-state index < -0.39 is 17.9 Å². The molecule has 134 valence electrons. The van der Waals surface area contributed by atoms with E-state index in [0.717, 1.165) is 5.75 Å². The van der Waals surface area contributed by atoms with Gasteiger partial charge in [-0.15, -0.1) is 0 Å². The van der Waals surface area contributed by atoms with Crippen LogP contribution in [0.25, 0.3) is 0 Å². The summed E-state index contributed by atoms with van der Waals surface area (Å²) in [5.41, 5.74) is 0.294. The minimum atomic E-state index is -0.714. The van der Waals surface area contributed by atoms with Gasteiger partial charge in [0.15, 0.2) is 11.5 Å². The molecule has 7 nitrogen and oxygen atoms in total. The predicted octanol–water partition coefficient (Wildman–Crippen LogP) is 1.74. The van der Waals surface area contributed by atoms with Gasteiger partial charge in [-0.05, 0) is 30.6 Å². The van der Waals surface area contributed by atoms with Crippen molar-refractivity contribution in [3.8, 4) is 17.2 Å². The van der Waals surface area contributed by atoms with Gasteiger partial charge in [0.25, 0.3) is 5.91 Å². The van der Waals surface area contributed by atoms with E-state index in [0.29, 0.717) is 29.2 Å². The number of amides is 1. The van der Waals surface area contributed by atoms with Crippen molar-refractivity contribution in [2.75, 3.05) is 40.4 Å². The maximum atomic E-state index is 12.5. The molecule has 0 aliphatic carbocycles. The van der Waals surface area contributed by atoms with Crippen LogP contribution in [0.1, 0.15) is 16.8 Å². The minimum absolute atomic E-state index is 0.294. The Balaban J connectivity index is 3.06. The molecule has 1 unspecified atom stereocenters. The molecule has 0 aliphatic heterocycles. The fraction of sp³-hybridized carbons (Fsp3) is 0.500. The maximum absolute atomic E-state index is 12.5. The molecule has 1 rings (SSSR count). The summed E-state index contributed by atoms with van der Waals surface area (Å²) in [4.78, 5) is 24.3. The van der Waals surface area contributed by atoms with Gasteiger partial charge in [0, 0.05) is 5.56 Å². The maximum Gasteiger partial charge on any atom is 0.328 e. The van der Waals surface area contributed by atoms with Crippen molar-refractivity contribution in [2.24, 2.45) is 0 Å². The standard InChI is InChI=1S/C16H23NO6S/c1-20-12-8-10(9-13(21-2)14(12)22-3)15(18)17-11(6-7-24-5)16(19)23-4/h8-9,11H,6-7H2,1-5H3,(H,17,18). The molecule has 0 saturated carbocycles. The van der Waals surface area contributed by atoms with Crippen molar-refractivity contribution in [3.05, 3.63) is 17.7 Å². The average molecular weight is 357 g/mol. The predicted molar refractivity (Wildman–Crippen MR) is 92.4 cm³/mol. The van der Waals surface area contributed by atoms with Crippen LogP contribution in [-0.4, -0.2) is 58.4 Å². The van der Waals surface area contributed by atoms with Crippen molar-refractivity contribution in [1.82, 2.24) is 5.32 Å². The molecule has 1 aromatic rings. The molecule has 0 spiro atoms. The van der Waals surface area contributed by atoms with Crippen molar-refractivity contribution in [2.45, 2.75) is 12.5 Å². The zero-order chi connectivity index (χ0) is 18.1. The third kappa shape index (κ3) is 4.95. The Kier molecular flexibility index (Phi) is 8.25. The Morgan fingerprint density at radius 2 is 1.67 bits per heavy atom. The van der Waals surface area contributed by atoms with Crippen LogP contribution in [0.15, 0.2) is 12.1 Å². The summed E-state index contributed by atoms with van der Waals surface area (Å²) in [5.74, 6) is 0.926. The molecule has 8 heteroatoms. The Labute approximate surface area is 146 Å². The summed E-state index contributed by atoms with van der Waals surface area (Å²) in [6.45, 7) is 0. The van der Waals surface area contributed by atoms with Gasteiger partial charge in [-0.3, -0.25) is 4.79 Å². The number of benzene rings is 1. The van der Waals surface area contributed by atoms with E-state index in [-0.39, 0.29) is 0 Å². The summed E-state index contributed by atoms with van der Waals surface area (Å²) in [7, 11) is 5.71. The third-order valence-corrected chi connectivity index (χ3v) is 3.97. The van der Waals surface area contributed by atoms with Crippen LogP contribution in [0.2, 0.25) is 0 Å². The number of hydrogen-bond acceptors (Lipinski definition) is 7. The summed E-state index contributed by atoms with van der Waals surface area (Å²) >= 11 is 1.58. The molecule has 0 saturated heterocycles. The second-order valence-corrected chi connectivity index (χ2v) is 5.73. The Morgan fingerprint density at radius 3 is 2.08 bits per heavy atom. The highest BCUT2D eigenvalue weighted by Crippen LogP contribution is 2.38. The summed E-state index contributed by atoms with van der Waals surface area (Å²) in [6.07, 6.45) is 2.40. The number of carbonyl (C=O) groups is 2. The van der Waals surface area contributed by atoms with Crippen molar-refractivity contribution in [3.63, 3.8) is 0 Å². The quantitative estimate of drug-likeness (QED) is 0.674. The molecule has 1 atom stereocenters. The van der Waals surface area contributed by atoms with E-state index in [2.05, 4.69) is 5.32 Å². The lowest BCUT2D eigenvalue weighted by atomic mass is 10.1. The van der Waals surface area contributed by atoms with Gasteiger partial charge in [0.1, 0.15) is 6.04 Å². The monoisotopic (exact) mass is 357 g/mol. The zero-order valence-electron chi connectivity index (χ0n) is 14.5. The van der Waals surface area contributed by atoms with Gasteiger partial charge in [-0.2, -0.15) is 11.8 Å². The van der Waals surface area contributed by atoms with Crippen LogP contribution in [-0.2, 0) is 9.53 Å². The fourth-order valence-electron chi connectivity index (χ4n) is 2.08. The lowest BCUT2D eigenvalue weighted by Crippen LogP contribution is -2.42. The highest BCUT2D eigenvalue weighted by Gasteiger charge is 2.23. The molecule has 1 N–H and O–H groups in total. The topological polar surface area (TPSA) is 83.1 Å². The van der Waals surface area contributed by atoms with Crippen molar-refractivity contribution in [1.29, 1.82) is 0 Å². The van der Waals surface area contributed by atoms with Gasteiger partial charge >= 0.3 is 5.97 Å². The van der Waals surface area contributed by atoms with Gasteiger partial charge in [0.05, 0.1) is 28.4 Å². The first-order chi connectivity index (χ1) is 11.5. The Morgan fingerprint density at radius 1 is 1.08 bits per heavy atom. The number of rotatable bonds is 9. The van der Waals surface area contributed by atoms with Gasteiger partial charge in [-0.25, -0.2) is 4.79 Å². The molecule has 0 fully saturated rings. The Hall–Kier alpha value is -2.09. The minimum Gasteiger partial charge on any atom is -0.493 e. The average Bonchev–Trinajstić information content (AvgIpc) is 2.62. The number of hydrogen-bond donors (Lipinski definition) is 1. The number of thioether (sulfide) groups is 1. The van der Waals surface area contributed by atoms with Crippen LogP contribution in [0.3, 0.4) is 0 Å². The molecule has 0 radical (unpaired) electrons. The third-order valence-electron chi connectivity index (χ3n) is 3.33. The largest absolute Gasteiger partial charge is 0.493 e. The van der Waals surface area contributed by atoms with Crippen LogP contribution in [0, 0.1) is 0 Å². The van der Waals surface area contributed by atoms with E-state index in [4.69, 9.17) is 18.9 Å². The number of esters is 1. The van der Waals surface area contributed by atoms with E-state index >= 15 is 0 Å². The molecule has 1 aromatic carbocycles. The zero-order valence-corrected chi connectivity index (χ0v) is 15.3. The lowest BCUT2D eigenvalue weighted by Gasteiger charge is -2.17. The smallest absolute Gasteiger partial charge is 0.328 e. The van der Waals surface area contributed by atoms with E-state index in [9.17, 15) is 9.59 Å². The second-order valence-electron chi connectivity index (χ2n) is 4.74. The number of methoxy groups -OCH3 is 4. The van der Waals surface area contributed by atoms with Crippen molar-refractivity contribution >= 4 is 23.6 Å². The van der Waals surface area contributed by atoms with Crippen molar-refractivity contribution < 1.29 is 28.5 Å². The number of carbonyl (C=O) groups excluding carboxylic acids is 2. The first-order valence-electron chi connectivity index (χ1n) is 7.19. The highest BCUT2D eigenvalue weighted by molar-refractivity contribution is 7.98. The second kappa shape index (κ2) is 9.92.